The van der Waals surface area contributed by atoms with Crippen LogP contribution in [0.3, 0.4) is 0 Å². The number of carbonyl (C=O) groups is 4. The normalized spacial score (nSPS) is 25.9. The largest absolute Gasteiger partial charge is 0.484 e. The SMILES string of the molecule is NC(=O)OCC1(C(=O)O)CS[C@@H]2C(NC(=O)COc3ccccc3)C(=O)N2C1. The number of thioether (sulfide) groups is 1. The number of carbonyl (C=O) groups excluding carboxylic acids is 3. The van der Waals surface area contributed by atoms with Crippen molar-refractivity contribution in [2.45, 2.75) is 11.4 Å². The standard InChI is InChI=1S/C17H19N3O7S/c18-16(25)27-8-17(15(23)24)7-20-13(22)12(14(20)28-9-17)19-11(21)6-26-10-4-2-1-3-5-10/h1-5,12,14H,6-9H2,(H2,18,25)(H,19,21)(H,23,24)/t12?,14-,17?/m1/s1. The second-order valence-electron chi connectivity index (χ2n) is 6.51. The van der Waals surface area contributed by atoms with Gasteiger partial charge < -0.3 is 30.5 Å². The van der Waals surface area contributed by atoms with Gasteiger partial charge in [0.15, 0.2) is 6.61 Å². The predicted molar refractivity (Wildman–Crippen MR) is 97.4 cm³/mol. The summed E-state index contributed by atoms with van der Waals surface area (Å²) < 4.78 is 10.0. The van der Waals surface area contributed by atoms with Gasteiger partial charge in [-0.05, 0) is 12.1 Å². The maximum atomic E-state index is 12.4. The van der Waals surface area contributed by atoms with Crippen molar-refractivity contribution in [3.05, 3.63) is 30.3 Å². The van der Waals surface area contributed by atoms with Crippen molar-refractivity contribution in [1.82, 2.24) is 10.2 Å². The van der Waals surface area contributed by atoms with Crippen LogP contribution in [0.5, 0.6) is 5.75 Å². The first-order chi connectivity index (χ1) is 13.3. The van der Waals surface area contributed by atoms with E-state index >= 15 is 0 Å². The highest BCUT2D eigenvalue weighted by Crippen LogP contribution is 2.42. The molecule has 10 nitrogen and oxygen atoms in total. The molecule has 11 heteroatoms. The lowest BCUT2D eigenvalue weighted by Crippen LogP contribution is -2.74. The van der Waals surface area contributed by atoms with Gasteiger partial charge in [0.25, 0.3) is 5.91 Å². The summed E-state index contributed by atoms with van der Waals surface area (Å²) in [6.07, 6.45) is -1.08. The van der Waals surface area contributed by atoms with Crippen LogP contribution in [-0.4, -0.2) is 70.8 Å². The highest BCUT2D eigenvalue weighted by Gasteiger charge is 2.58. The number of rotatable bonds is 7. The van der Waals surface area contributed by atoms with Crippen molar-refractivity contribution < 1.29 is 33.8 Å². The van der Waals surface area contributed by atoms with Gasteiger partial charge >= 0.3 is 12.1 Å². The quantitative estimate of drug-likeness (QED) is 0.517. The fraction of sp³-hybridized carbons (Fsp3) is 0.412. The van der Waals surface area contributed by atoms with Gasteiger partial charge in [0, 0.05) is 12.3 Å². The molecule has 2 aliphatic rings. The first-order valence-electron chi connectivity index (χ1n) is 8.37. The zero-order valence-electron chi connectivity index (χ0n) is 14.7. The molecule has 0 saturated carbocycles. The number of nitrogens with two attached hydrogens (primary N) is 1. The Hall–Kier alpha value is -2.95. The number of aliphatic carboxylic acids is 1. The van der Waals surface area contributed by atoms with E-state index < -0.39 is 41.9 Å². The van der Waals surface area contributed by atoms with Crippen molar-refractivity contribution in [1.29, 1.82) is 0 Å². The van der Waals surface area contributed by atoms with Crippen molar-refractivity contribution in [2.24, 2.45) is 11.1 Å². The Morgan fingerprint density at radius 1 is 1.32 bits per heavy atom. The molecule has 0 bridgehead atoms. The molecular formula is C17H19N3O7S. The number of primary amides is 1. The van der Waals surface area contributed by atoms with Gasteiger partial charge in [0.2, 0.25) is 5.91 Å². The van der Waals surface area contributed by atoms with Crippen LogP contribution in [0, 0.1) is 5.41 Å². The molecule has 28 heavy (non-hydrogen) atoms. The summed E-state index contributed by atoms with van der Waals surface area (Å²) in [5.41, 5.74) is 3.49. The minimum atomic E-state index is -1.43. The molecule has 0 radical (unpaired) electrons. The number of nitrogens with one attached hydrogen (secondary N) is 1. The molecule has 3 rings (SSSR count). The topological polar surface area (TPSA) is 148 Å². The number of nitrogens with zero attached hydrogens (tertiary/aromatic N) is 1. The monoisotopic (exact) mass is 409 g/mol. The van der Waals surface area contributed by atoms with E-state index in [0.29, 0.717) is 5.75 Å². The number of para-hydroxylation sites is 1. The molecule has 4 N–H and O–H groups in total. The number of hydrogen-bond donors (Lipinski definition) is 3. The van der Waals surface area contributed by atoms with E-state index in [1.54, 1.807) is 24.3 Å². The lowest BCUT2D eigenvalue weighted by molar-refractivity contribution is -0.161. The van der Waals surface area contributed by atoms with Crippen LogP contribution < -0.4 is 15.8 Å². The Morgan fingerprint density at radius 3 is 2.68 bits per heavy atom. The molecule has 2 heterocycles. The summed E-state index contributed by atoms with van der Waals surface area (Å²) in [6.45, 7) is -0.793. The van der Waals surface area contributed by atoms with E-state index in [4.69, 9.17) is 10.5 Å². The Morgan fingerprint density at radius 2 is 2.04 bits per heavy atom. The molecule has 2 saturated heterocycles. The van der Waals surface area contributed by atoms with Gasteiger partial charge in [0.05, 0.1) is 0 Å². The predicted octanol–water partition coefficient (Wildman–Crippen LogP) is -0.368. The van der Waals surface area contributed by atoms with Crippen molar-refractivity contribution in [3.63, 3.8) is 0 Å². The molecular weight excluding hydrogens is 390 g/mol. The first-order valence-corrected chi connectivity index (χ1v) is 9.42. The third-order valence-corrected chi connectivity index (χ3v) is 6.11. The van der Waals surface area contributed by atoms with Crippen LogP contribution >= 0.6 is 11.8 Å². The fourth-order valence-corrected chi connectivity index (χ4v) is 4.52. The Balaban J connectivity index is 1.55. The van der Waals surface area contributed by atoms with Crippen LogP contribution in [-0.2, 0) is 19.1 Å². The van der Waals surface area contributed by atoms with Crippen LogP contribution in [0.2, 0.25) is 0 Å². The number of carboxylic acids is 1. The van der Waals surface area contributed by atoms with Gasteiger partial charge in [-0.15, -0.1) is 11.8 Å². The first kappa shape index (κ1) is 19.8. The molecule has 2 unspecified atom stereocenters. The lowest BCUT2D eigenvalue weighted by atomic mass is 9.88. The average molecular weight is 409 g/mol. The Kier molecular flexibility index (Phi) is 5.63. The van der Waals surface area contributed by atoms with Gasteiger partial charge in [0.1, 0.15) is 29.2 Å². The van der Waals surface area contributed by atoms with Gasteiger partial charge in [-0.3, -0.25) is 14.4 Å². The summed E-state index contributed by atoms with van der Waals surface area (Å²) >= 11 is 1.20. The van der Waals surface area contributed by atoms with E-state index in [9.17, 15) is 24.3 Å². The van der Waals surface area contributed by atoms with E-state index in [1.807, 2.05) is 6.07 Å². The molecule has 3 amide bonds. The van der Waals surface area contributed by atoms with Gasteiger partial charge in [-0.2, -0.15) is 0 Å². The molecule has 1 aromatic carbocycles. The third kappa shape index (κ3) is 3.98. The lowest BCUT2D eigenvalue weighted by Gasteiger charge is -2.53. The van der Waals surface area contributed by atoms with Crippen LogP contribution in [0.25, 0.3) is 0 Å². The minimum Gasteiger partial charge on any atom is -0.484 e. The van der Waals surface area contributed by atoms with Gasteiger partial charge in [-0.1, -0.05) is 18.2 Å². The molecule has 150 valence electrons. The third-order valence-electron chi connectivity index (χ3n) is 4.52. The summed E-state index contributed by atoms with van der Waals surface area (Å²) in [4.78, 5) is 48.3. The molecule has 0 spiro atoms. The number of ether oxygens (including phenoxy) is 2. The molecule has 3 atom stereocenters. The number of benzene rings is 1. The molecule has 1 aromatic rings. The number of carboxylic acid groups (broad SMARTS) is 1. The maximum absolute atomic E-state index is 12.4. The summed E-state index contributed by atoms with van der Waals surface area (Å²) in [7, 11) is 0. The summed E-state index contributed by atoms with van der Waals surface area (Å²) in [5, 5.41) is 11.8. The fourth-order valence-electron chi connectivity index (χ4n) is 3.00. The van der Waals surface area contributed by atoms with E-state index in [-0.39, 0.29) is 24.3 Å². The highest BCUT2D eigenvalue weighted by molar-refractivity contribution is 8.00. The summed E-state index contributed by atoms with van der Waals surface area (Å²) in [5.74, 6) is -1.38. The number of fused-ring (bicyclic) bond motifs is 1. The molecule has 0 aliphatic carbocycles. The smallest absolute Gasteiger partial charge is 0.404 e. The van der Waals surface area contributed by atoms with Crippen molar-refractivity contribution in [3.8, 4) is 5.75 Å². The zero-order chi connectivity index (χ0) is 20.3. The van der Waals surface area contributed by atoms with E-state index in [1.165, 1.54) is 16.7 Å². The van der Waals surface area contributed by atoms with Gasteiger partial charge in [-0.25, -0.2) is 4.79 Å². The number of amides is 3. The second kappa shape index (κ2) is 7.97. The molecule has 2 fully saturated rings. The second-order valence-corrected chi connectivity index (χ2v) is 7.61. The zero-order valence-corrected chi connectivity index (χ0v) is 15.5. The molecule has 0 aromatic heterocycles. The average Bonchev–Trinajstić information content (AvgIpc) is 2.69. The van der Waals surface area contributed by atoms with E-state index in [0.717, 1.165) is 0 Å². The number of β-lactam (4-membered cyclic amide) rings is 1. The van der Waals surface area contributed by atoms with Crippen LogP contribution in [0.1, 0.15) is 0 Å². The maximum Gasteiger partial charge on any atom is 0.404 e. The van der Waals surface area contributed by atoms with Crippen LogP contribution in [0.15, 0.2) is 30.3 Å². The summed E-state index contributed by atoms with van der Waals surface area (Å²) in [6, 6.07) is 8.03. The Labute approximate surface area is 164 Å². The van der Waals surface area contributed by atoms with Crippen molar-refractivity contribution in [2.75, 3.05) is 25.5 Å². The van der Waals surface area contributed by atoms with Crippen molar-refractivity contribution >= 4 is 35.6 Å². The Bertz CT molecular complexity index is 790. The van der Waals surface area contributed by atoms with Crippen LogP contribution in [0.4, 0.5) is 4.79 Å². The highest BCUT2D eigenvalue weighted by atomic mass is 32.2. The van der Waals surface area contributed by atoms with E-state index in [2.05, 4.69) is 10.1 Å². The number of hydrogen-bond acceptors (Lipinski definition) is 7. The molecule has 2 aliphatic heterocycles. The minimum absolute atomic E-state index is 0.108.